The molecule has 1 fully saturated rings. The van der Waals surface area contributed by atoms with Crippen molar-refractivity contribution in [1.29, 1.82) is 0 Å². The molecule has 9 heteroatoms. The molecule has 0 saturated carbocycles. The third-order valence-electron chi connectivity index (χ3n) is 3.03. The number of aromatic nitrogens is 2. The minimum Gasteiger partial charge on any atom is -0.394 e. The van der Waals surface area contributed by atoms with Gasteiger partial charge >= 0.3 is 5.69 Å². The number of terminal acetylenes is 1. The van der Waals surface area contributed by atoms with E-state index in [1.54, 1.807) is 5.92 Å². The van der Waals surface area contributed by atoms with Crippen molar-refractivity contribution < 1.29 is 23.7 Å². The lowest BCUT2D eigenvalue weighted by molar-refractivity contribution is -0.0546. The smallest absolute Gasteiger partial charge is 0.351 e. The Morgan fingerprint density at radius 3 is 2.90 bits per heavy atom. The summed E-state index contributed by atoms with van der Waals surface area (Å²) in [5, 5.41) is 18.7. The van der Waals surface area contributed by atoms with E-state index in [-0.39, 0.29) is 0 Å². The van der Waals surface area contributed by atoms with Gasteiger partial charge in [-0.1, -0.05) is 5.92 Å². The number of hydrogen-bond donors (Lipinski definition) is 3. The number of alkyl halides is 1. The van der Waals surface area contributed by atoms with E-state index in [4.69, 9.17) is 22.0 Å². The molecule has 4 atom stereocenters. The van der Waals surface area contributed by atoms with Crippen LogP contribution in [-0.4, -0.2) is 44.2 Å². The highest BCUT2D eigenvalue weighted by molar-refractivity contribution is 5.27. The summed E-state index contributed by atoms with van der Waals surface area (Å²) < 4.78 is 33.4. The van der Waals surface area contributed by atoms with Gasteiger partial charge in [-0.15, -0.1) is 6.42 Å². The van der Waals surface area contributed by atoms with Crippen molar-refractivity contribution >= 4 is 5.82 Å². The van der Waals surface area contributed by atoms with Crippen LogP contribution < -0.4 is 11.4 Å². The van der Waals surface area contributed by atoms with Crippen molar-refractivity contribution in [2.75, 3.05) is 12.3 Å². The molecule has 108 valence electrons. The second-order valence-corrected chi connectivity index (χ2v) is 4.23. The van der Waals surface area contributed by atoms with Crippen LogP contribution in [0.3, 0.4) is 0 Å². The summed E-state index contributed by atoms with van der Waals surface area (Å²) in [7, 11) is 0. The summed E-state index contributed by atoms with van der Waals surface area (Å²) >= 11 is 0. The van der Waals surface area contributed by atoms with E-state index < -0.39 is 48.0 Å². The number of nitrogen functional groups attached to an aromatic ring is 1. The molecule has 1 aliphatic rings. The molecular formula is C11H11F2N3O4. The van der Waals surface area contributed by atoms with Crippen LogP contribution in [0.4, 0.5) is 14.6 Å². The lowest BCUT2D eigenvalue weighted by Gasteiger charge is -2.23. The second kappa shape index (κ2) is 4.82. The van der Waals surface area contributed by atoms with Crippen molar-refractivity contribution in [3.8, 4) is 12.3 Å². The van der Waals surface area contributed by atoms with Crippen molar-refractivity contribution in [3.63, 3.8) is 0 Å². The van der Waals surface area contributed by atoms with Crippen molar-refractivity contribution in [2.24, 2.45) is 0 Å². The van der Waals surface area contributed by atoms with E-state index in [1.807, 2.05) is 0 Å². The van der Waals surface area contributed by atoms with Gasteiger partial charge in [-0.3, -0.25) is 4.57 Å². The van der Waals surface area contributed by atoms with E-state index in [9.17, 15) is 18.7 Å². The summed E-state index contributed by atoms with van der Waals surface area (Å²) in [5.74, 6) is -0.0629. The zero-order chi connectivity index (χ0) is 15.1. The number of hydrogen-bond acceptors (Lipinski definition) is 6. The quantitative estimate of drug-likeness (QED) is 0.574. The number of nitrogens with zero attached hydrogens (tertiary/aromatic N) is 2. The predicted molar refractivity (Wildman–Crippen MR) is 62.5 cm³/mol. The van der Waals surface area contributed by atoms with E-state index in [0.29, 0.717) is 10.8 Å². The maximum absolute atomic E-state index is 14.6. The second-order valence-electron chi connectivity index (χ2n) is 4.23. The Labute approximate surface area is 111 Å². The van der Waals surface area contributed by atoms with Crippen LogP contribution in [0.2, 0.25) is 0 Å². The molecule has 20 heavy (non-hydrogen) atoms. The molecule has 0 bridgehead atoms. The number of rotatable bonds is 2. The van der Waals surface area contributed by atoms with Gasteiger partial charge in [0.2, 0.25) is 5.67 Å². The molecule has 0 spiro atoms. The fourth-order valence-electron chi connectivity index (χ4n) is 1.95. The van der Waals surface area contributed by atoms with E-state index in [0.717, 1.165) is 0 Å². The van der Waals surface area contributed by atoms with Gasteiger partial charge in [-0.25, -0.2) is 13.6 Å². The summed E-state index contributed by atoms with van der Waals surface area (Å²) in [6.45, 7) is -0.731. The molecule has 0 aliphatic carbocycles. The van der Waals surface area contributed by atoms with E-state index >= 15 is 0 Å². The third kappa shape index (κ3) is 1.94. The predicted octanol–water partition coefficient (Wildman–Crippen LogP) is -1.44. The number of halogens is 2. The lowest BCUT2D eigenvalue weighted by atomic mass is 9.97. The molecule has 1 aliphatic heterocycles. The van der Waals surface area contributed by atoms with Crippen LogP contribution in [0.1, 0.15) is 6.23 Å². The Morgan fingerprint density at radius 1 is 1.70 bits per heavy atom. The molecule has 1 aromatic heterocycles. The third-order valence-corrected chi connectivity index (χ3v) is 3.03. The summed E-state index contributed by atoms with van der Waals surface area (Å²) in [4.78, 5) is 14.8. The van der Waals surface area contributed by atoms with E-state index in [1.165, 1.54) is 0 Å². The molecule has 1 saturated heterocycles. The van der Waals surface area contributed by atoms with Gasteiger partial charge in [0.05, 0.1) is 12.8 Å². The standard InChI is InChI=1S/C11H11F2N3O4/c1-2-11(13)7(18)6(4-17)20-9(11)16-3-5(12)8(14)15-10(16)19/h1,3,6-7,9,17-18H,4H2,(H2,14,15,19)/t6-,7?,9-,11?/m1/s1. The molecule has 2 unspecified atom stereocenters. The van der Waals surface area contributed by atoms with Gasteiger partial charge in [0, 0.05) is 0 Å². The highest BCUT2D eigenvalue weighted by atomic mass is 19.1. The minimum absolute atomic E-state index is 0.449. The molecule has 0 radical (unpaired) electrons. The van der Waals surface area contributed by atoms with Crippen LogP contribution in [0, 0.1) is 18.2 Å². The number of anilines is 1. The average Bonchev–Trinajstić information content (AvgIpc) is 2.67. The minimum atomic E-state index is -2.82. The average molecular weight is 287 g/mol. The van der Waals surface area contributed by atoms with Crippen molar-refractivity contribution in [3.05, 3.63) is 22.5 Å². The largest absolute Gasteiger partial charge is 0.394 e. The first kappa shape index (κ1) is 14.4. The van der Waals surface area contributed by atoms with Crippen molar-refractivity contribution in [2.45, 2.75) is 24.1 Å². The zero-order valence-electron chi connectivity index (χ0n) is 10.0. The normalized spacial score (nSPS) is 33.0. The topological polar surface area (TPSA) is 111 Å². The summed E-state index contributed by atoms with van der Waals surface area (Å²) in [6, 6.07) is 0. The van der Waals surface area contributed by atoms with Gasteiger partial charge in [0.25, 0.3) is 0 Å². The fourth-order valence-corrected chi connectivity index (χ4v) is 1.95. The van der Waals surface area contributed by atoms with Crippen LogP contribution in [0.15, 0.2) is 11.0 Å². The molecule has 2 rings (SSSR count). The Balaban J connectivity index is 2.55. The number of aliphatic hydroxyl groups excluding tert-OH is 2. The first-order valence-corrected chi connectivity index (χ1v) is 5.50. The molecule has 7 nitrogen and oxygen atoms in total. The highest BCUT2D eigenvalue weighted by Crippen LogP contribution is 2.40. The number of nitrogens with two attached hydrogens (primary N) is 1. The Morgan fingerprint density at radius 2 is 2.35 bits per heavy atom. The van der Waals surface area contributed by atoms with Crippen LogP contribution in [0.5, 0.6) is 0 Å². The number of ether oxygens (including phenoxy) is 1. The van der Waals surface area contributed by atoms with Gasteiger partial charge < -0.3 is 20.7 Å². The van der Waals surface area contributed by atoms with Gasteiger partial charge in [0.1, 0.15) is 12.2 Å². The maximum atomic E-state index is 14.6. The zero-order valence-corrected chi connectivity index (χ0v) is 10.0. The number of aliphatic hydroxyl groups is 2. The molecule has 2 heterocycles. The SMILES string of the molecule is C#CC1(F)C(O)[C@@H](CO)O[C@H]1n1cc(F)c(N)nc1=O. The Hall–Kier alpha value is -2.02. The molecular weight excluding hydrogens is 276 g/mol. The molecule has 4 N–H and O–H groups in total. The lowest BCUT2D eigenvalue weighted by Crippen LogP contribution is -2.44. The molecule has 1 aromatic rings. The van der Waals surface area contributed by atoms with Gasteiger partial charge in [-0.05, 0) is 0 Å². The Bertz CT molecular complexity index is 629. The fraction of sp³-hybridized carbons (Fsp3) is 0.455. The molecule has 0 amide bonds. The monoisotopic (exact) mass is 287 g/mol. The first-order valence-electron chi connectivity index (χ1n) is 5.50. The Kier molecular flexibility index (Phi) is 3.47. The van der Waals surface area contributed by atoms with E-state index in [2.05, 4.69) is 4.98 Å². The van der Waals surface area contributed by atoms with Crippen LogP contribution in [0.25, 0.3) is 0 Å². The van der Waals surface area contributed by atoms with Gasteiger partial charge in [-0.2, -0.15) is 4.98 Å². The van der Waals surface area contributed by atoms with Crippen molar-refractivity contribution in [1.82, 2.24) is 9.55 Å². The highest BCUT2D eigenvalue weighted by Gasteiger charge is 2.57. The van der Waals surface area contributed by atoms with Gasteiger partial charge in [0.15, 0.2) is 17.9 Å². The van der Waals surface area contributed by atoms with Crippen LogP contribution in [-0.2, 0) is 4.74 Å². The first-order chi connectivity index (χ1) is 9.35. The van der Waals surface area contributed by atoms with Crippen LogP contribution >= 0.6 is 0 Å². The summed E-state index contributed by atoms with van der Waals surface area (Å²) in [5.41, 5.74) is 1.19. The maximum Gasteiger partial charge on any atom is 0.351 e. The summed E-state index contributed by atoms with van der Waals surface area (Å²) in [6.07, 6.45) is 0.540. The molecule has 0 aromatic carbocycles.